The summed E-state index contributed by atoms with van der Waals surface area (Å²) in [5.74, 6) is 0. The second-order valence-electron chi connectivity index (χ2n) is 4.04. The first-order valence-corrected chi connectivity index (χ1v) is 6.05. The highest BCUT2D eigenvalue weighted by atomic mass is 16.5. The minimum absolute atomic E-state index is 0.432. The Bertz CT molecular complexity index is 117. The minimum atomic E-state index is 0.432. The second kappa shape index (κ2) is 9.47. The van der Waals surface area contributed by atoms with E-state index in [1.165, 1.54) is 19.3 Å². The van der Waals surface area contributed by atoms with Gasteiger partial charge in [-0.3, -0.25) is 0 Å². The van der Waals surface area contributed by atoms with E-state index in [-0.39, 0.29) is 0 Å². The highest BCUT2D eigenvalue weighted by molar-refractivity contribution is 4.58. The zero-order valence-electron chi connectivity index (χ0n) is 10.3. The van der Waals surface area contributed by atoms with Crippen LogP contribution in [0.2, 0.25) is 0 Å². The number of hydrogen-bond donors (Lipinski definition) is 1. The zero-order valence-corrected chi connectivity index (χ0v) is 10.3. The third-order valence-electron chi connectivity index (χ3n) is 2.56. The maximum Gasteiger partial charge on any atom is 0.0544 e. The van der Waals surface area contributed by atoms with Crippen LogP contribution in [0, 0.1) is 0 Å². The Morgan fingerprint density at radius 3 is 2.43 bits per heavy atom. The average molecular weight is 201 g/mol. The summed E-state index contributed by atoms with van der Waals surface area (Å²) in [5, 5.41) is 3.42. The summed E-state index contributed by atoms with van der Waals surface area (Å²) in [6, 6.07) is 0.656. The lowest BCUT2D eigenvalue weighted by molar-refractivity contribution is 0.0606. The van der Waals surface area contributed by atoms with Gasteiger partial charge in [0.15, 0.2) is 0 Å². The van der Waals surface area contributed by atoms with Crippen LogP contribution in [0.1, 0.15) is 53.4 Å². The fraction of sp³-hybridized carbons (Fsp3) is 1.00. The van der Waals surface area contributed by atoms with E-state index in [1.807, 2.05) is 0 Å². The van der Waals surface area contributed by atoms with Gasteiger partial charge in [-0.1, -0.05) is 13.8 Å². The molecule has 0 saturated heterocycles. The molecule has 0 rings (SSSR count). The molecule has 0 radical (unpaired) electrons. The van der Waals surface area contributed by atoms with Crippen molar-refractivity contribution in [2.45, 2.75) is 65.5 Å². The molecule has 0 aromatic heterocycles. The fourth-order valence-corrected chi connectivity index (χ4v) is 1.41. The Morgan fingerprint density at radius 1 is 1.14 bits per heavy atom. The lowest BCUT2D eigenvalue weighted by Crippen LogP contribution is -2.25. The largest absolute Gasteiger partial charge is 0.379 e. The predicted molar refractivity (Wildman–Crippen MR) is 62.7 cm³/mol. The van der Waals surface area contributed by atoms with Gasteiger partial charge in [-0.2, -0.15) is 0 Å². The number of unbranched alkanes of at least 4 members (excludes halogenated alkanes) is 1. The number of ether oxygens (including phenoxy) is 1. The van der Waals surface area contributed by atoms with Crippen molar-refractivity contribution >= 4 is 0 Å². The molecule has 0 aromatic carbocycles. The standard InChI is InChI=1S/C12H27NO/c1-5-12(4)14-10-8-7-9-11(3)13-6-2/h11-13H,5-10H2,1-4H3. The van der Waals surface area contributed by atoms with E-state index in [9.17, 15) is 0 Å². The number of rotatable bonds is 9. The van der Waals surface area contributed by atoms with Gasteiger partial charge >= 0.3 is 0 Å². The molecule has 0 bridgehead atoms. The number of nitrogens with one attached hydrogen (secondary N) is 1. The smallest absolute Gasteiger partial charge is 0.0544 e. The Labute approximate surface area is 89.4 Å². The quantitative estimate of drug-likeness (QED) is 0.579. The molecule has 0 heterocycles. The van der Waals surface area contributed by atoms with Crippen molar-refractivity contribution in [3.63, 3.8) is 0 Å². The third kappa shape index (κ3) is 8.52. The molecule has 2 unspecified atom stereocenters. The number of hydrogen-bond acceptors (Lipinski definition) is 2. The van der Waals surface area contributed by atoms with Crippen molar-refractivity contribution in [3.8, 4) is 0 Å². The van der Waals surface area contributed by atoms with Crippen LogP contribution < -0.4 is 5.32 Å². The topological polar surface area (TPSA) is 21.3 Å². The van der Waals surface area contributed by atoms with Gasteiger partial charge in [-0.25, -0.2) is 0 Å². The van der Waals surface area contributed by atoms with Crippen molar-refractivity contribution in [1.29, 1.82) is 0 Å². The molecule has 0 aliphatic heterocycles. The van der Waals surface area contributed by atoms with E-state index in [4.69, 9.17) is 4.74 Å². The van der Waals surface area contributed by atoms with Crippen LogP contribution in [-0.2, 0) is 4.74 Å². The SMILES string of the molecule is CCNC(C)CCCCOC(C)CC. The fourth-order valence-electron chi connectivity index (χ4n) is 1.41. The molecule has 0 saturated carbocycles. The summed E-state index contributed by atoms with van der Waals surface area (Å²) in [5.41, 5.74) is 0. The molecule has 0 aliphatic rings. The van der Waals surface area contributed by atoms with Crippen molar-refractivity contribution < 1.29 is 4.74 Å². The molecular formula is C12H27NO. The molecule has 0 amide bonds. The van der Waals surface area contributed by atoms with Crippen molar-refractivity contribution in [1.82, 2.24) is 5.32 Å². The van der Waals surface area contributed by atoms with Gasteiger partial charge in [0, 0.05) is 12.6 Å². The van der Waals surface area contributed by atoms with Crippen LogP contribution in [0.25, 0.3) is 0 Å². The molecule has 86 valence electrons. The summed E-state index contributed by atoms with van der Waals surface area (Å²) in [7, 11) is 0. The monoisotopic (exact) mass is 201 g/mol. The molecule has 14 heavy (non-hydrogen) atoms. The lowest BCUT2D eigenvalue weighted by Gasteiger charge is -2.13. The van der Waals surface area contributed by atoms with Gasteiger partial charge in [-0.15, -0.1) is 0 Å². The second-order valence-corrected chi connectivity index (χ2v) is 4.04. The van der Waals surface area contributed by atoms with Crippen molar-refractivity contribution in [3.05, 3.63) is 0 Å². The van der Waals surface area contributed by atoms with Gasteiger partial charge in [-0.05, 0) is 46.1 Å². The lowest BCUT2D eigenvalue weighted by atomic mass is 10.1. The molecule has 2 heteroatoms. The first-order valence-electron chi connectivity index (χ1n) is 6.05. The van der Waals surface area contributed by atoms with E-state index < -0.39 is 0 Å². The molecular weight excluding hydrogens is 174 g/mol. The Morgan fingerprint density at radius 2 is 1.86 bits per heavy atom. The van der Waals surface area contributed by atoms with Crippen molar-refractivity contribution in [2.75, 3.05) is 13.2 Å². The van der Waals surface area contributed by atoms with Gasteiger partial charge in [0.25, 0.3) is 0 Å². The van der Waals surface area contributed by atoms with Gasteiger partial charge in [0.1, 0.15) is 0 Å². The van der Waals surface area contributed by atoms with E-state index in [0.717, 1.165) is 19.6 Å². The summed E-state index contributed by atoms with van der Waals surface area (Å²) in [6.07, 6.45) is 5.28. The van der Waals surface area contributed by atoms with Crippen LogP contribution in [0.3, 0.4) is 0 Å². The van der Waals surface area contributed by atoms with Crippen LogP contribution in [-0.4, -0.2) is 25.3 Å². The Kier molecular flexibility index (Phi) is 9.42. The highest BCUT2D eigenvalue weighted by Crippen LogP contribution is 2.03. The van der Waals surface area contributed by atoms with E-state index in [1.54, 1.807) is 0 Å². The average Bonchev–Trinajstić information content (AvgIpc) is 2.17. The Balaban J connectivity index is 3.13. The molecule has 0 aliphatic carbocycles. The van der Waals surface area contributed by atoms with E-state index in [2.05, 4.69) is 33.0 Å². The maximum atomic E-state index is 5.61. The van der Waals surface area contributed by atoms with Gasteiger partial charge < -0.3 is 10.1 Å². The molecule has 2 atom stereocenters. The van der Waals surface area contributed by atoms with E-state index in [0.29, 0.717) is 12.1 Å². The predicted octanol–water partition coefficient (Wildman–Crippen LogP) is 2.97. The first kappa shape index (κ1) is 13.9. The van der Waals surface area contributed by atoms with E-state index >= 15 is 0 Å². The zero-order chi connectivity index (χ0) is 10.8. The molecule has 0 spiro atoms. The maximum absolute atomic E-state index is 5.61. The summed E-state index contributed by atoms with van der Waals surface area (Å²) < 4.78 is 5.61. The van der Waals surface area contributed by atoms with Crippen LogP contribution in [0.5, 0.6) is 0 Å². The van der Waals surface area contributed by atoms with Gasteiger partial charge in [0.2, 0.25) is 0 Å². The molecule has 0 aromatic rings. The molecule has 0 fully saturated rings. The normalized spacial score (nSPS) is 15.4. The summed E-state index contributed by atoms with van der Waals surface area (Å²) >= 11 is 0. The van der Waals surface area contributed by atoms with Crippen LogP contribution in [0.15, 0.2) is 0 Å². The Hall–Kier alpha value is -0.0800. The highest BCUT2D eigenvalue weighted by Gasteiger charge is 2.00. The van der Waals surface area contributed by atoms with Crippen molar-refractivity contribution in [2.24, 2.45) is 0 Å². The first-order chi connectivity index (χ1) is 6.70. The summed E-state index contributed by atoms with van der Waals surface area (Å²) in [4.78, 5) is 0. The third-order valence-corrected chi connectivity index (χ3v) is 2.56. The molecule has 1 N–H and O–H groups in total. The van der Waals surface area contributed by atoms with Crippen LogP contribution >= 0.6 is 0 Å². The minimum Gasteiger partial charge on any atom is -0.379 e. The molecule has 2 nitrogen and oxygen atoms in total. The van der Waals surface area contributed by atoms with Crippen LogP contribution in [0.4, 0.5) is 0 Å². The van der Waals surface area contributed by atoms with Gasteiger partial charge in [0.05, 0.1) is 6.10 Å². The summed E-state index contributed by atoms with van der Waals surface area (Å²) in [6.45, 7) is 10.7.